The zero-order valence-electron chi connectivity index (χ0n) is 16.2. The minimum absolute atomic E-state index is 0.731. The number of anilines is 2. The van der Waals surface area contributed by atoms with Gasteiger partial charge in [-0.05, 0) is 46.2 Å². The van der Waals surface area contributed by atoms with Crippen molar-refractivity contribution in [1.29, 1.82) is 0 Å². The van der Waals surface area contributed by atoms with Crippen LogP contribution in [0.3, 0.4) is 0 Å². The van der Waals surface area contributed by atoms with E-state index in [1.54, 1.807) is 0 Å². The molecule has 1 unspecified atom stereocenters. The summed E-state index contributed by atoms with van der Waals surface area (Å²) in [6.45, 7) is 0. The van der Waals surface area contributed by atoms with Crippen LogP contribution in [0, 0.1) is 0 Å². The van der Waals surface area contributed by atoms with Gasteiger partial charge in [0.15, 0.2) is 0 Å². The lowest BCUT2D eigenvalue weighted by molar-refractivity contribution is 1.28. The first-order chi connectivity index (χ1) is 14.9. The van der Waals surface area contributed by atoms with Crippen molar-refractivity contribution >= 4 is 40.8 Å². The summed E-state index contributed by atoms with van der Waals surface area (Å²) in [5.74, 6) is 0. The normalized spacial score (nSPS) is 15.6. The van der Waals surface area contributed by atoms with Crippen molar-refractivity contribution in [2.75, 3.05) is 4.67 Å². The molecule has 1 atom stereocenters. The van der Waals surface area contributed by atoms with E-state index in [1.165, 1.54) is 55.0 Å². The smallest absolute Gasteiger partial charge is 0.0716 e. The Morgan fingerprint density at radius 2 is 1.27 bits per heavy atom. The van der Waals surface area contributed by atoms with E-state index in [0.717, 1.165) is 0 Å². The highest BCUT2D eigenvalue weighted by Crippen LogP contribution is 2.60. The van der Waals surface area contributed by atoms with Crippen LogP contribution in [-0.2, 0) is 0 Å². The largest absolute Gasteiger partial charge is 0.309 e. The van der Waals surface area contributed by atoms with Gasteiger partial charge >= 0.3 is 0 Å². The lowest BCUT2D eigenvalue weighted by Gasteiger charge is -2.44. The third kappa shape index (κ3) is 2.09. The van der Waals surface area contributed by atoms with E-state index < -0.39 is 8.07 Å². The van der Waals surface area contributed by atoms with Crippen LogP contribution < -0.4 is 15.3 Å². The number of pyridine rings is 1. The summed E-state index contributed by atoms with van der Waals surface area (Å²) in [4.78, 5) is 4.51. The van der Waals surface area contributed by atoms with Gasteiger partial charge in [-0.15, -0.1) is 0 Å². The minimum atomic E-state index is -0.731. The first-order valence-electron chi connectivity index (χ1n) is 10.2. The van der Waals surface area contributed by atoms with Crippen LogP contribution in [0.4, 0.5) is 11.4 Å². The van der Waals surface area contributed by atoms with Crippen LogP contribution in [0.2, 0.25) is 0 Å². The predicted octanol–water partition coefficient (Wildman–Crippen LogP) is 6.38. The molecule has 140 valence electrons. The van der Waals surface area contributed by atoms with Gasteiger partial charge in [0.2, 0.25) is 0 Å². The fourth-order valence-corrected chi connectivity index (χ4v) is 7.64. The van der Waals surface area contributed by atoms with Crippen molar-refractivity contribution in [3.05, 3.63) is 103 Å². The molecule has 0 N–H and O–H groups in total. The molecule has 0 bridgehead atoms. The third-order valence-electron chi connectivity index (χ3n) is 6.17. The van der Waals surface area contributed by atoms with Crippen molar-refractivity contribution in [3.8, 4) is 22.3 Å². The van der Waals surface area contributed by atoms with Crippen molar-refractivity contribution in [1.82, 2.24) is 4.98 Å². The highest BCUT2D eigenvalue weighted by molar-refractivity contribution is 7.75. The third-order valence-corrected chi connectivity index (χ3v) is 8.67. The number of hydrogen-bond donors (Lipinski definition) is 0. The number of benzene rings is 4. The molecule has 0 saturated carbocycles. The number of hydrogen-bond acceptors (Lipinski definition) is 2. The van der Waals surface area contributed by atoms with Gasteiger partial charge in [-0.3, -0.25) is 4.98 Å². The van der Waals surface area contributed by atoms with Gasteiger partial charge in [-0.1, -0.05) is 66.7 Å². The zero-order valence-corrected chi connectivity index (χ0v) is 17.1. The Labute approximate surface area is 176 Å². The second-order valence-electron chi connectivity index (χ2n) is 7.77. The van der Waals surface area contributed by atoms with E-state index in [4.69, 9.17) is 0 Å². The maximum Gasteiger partial charge on any atom is 0.0716 e. The molecule has 0 amide bonds. The molecule has 0 aliphatic carbocycles. The zero-order chi connectivity index (χ0) is 19.7. The predicted molar refractivity (Wildman–Crippen MR) is 127 cm³/mol. The van der Waals surface area contributed by atoms with E-state index >= 15 is 0 Å². The molecule has 1 aromatic heterocycles. The van der Waals surface area contributed by atoms with Crippen molar-refractivity contribution < 1.29 is 0 Å². The number of aromatic nitrogens is 1. The highest BCUT2D eigenvalue weighted by atomic mass is 31.1. The standard InChI is InChI=1S/C27H17N2P/c1-2-8-19-16-27-23(15-18(19)7-1)20-9-3-5-11-24(20)29-25-17-28-14-13-21(25)22-10-4-6-12-26(22)30(27)29/h1-17H. The van der Waals surface area contributed by atoms with Crippen LogP contribution in [0.25, 0.3) is 33.0 Å². The highest BCUT2D eigenvalue weighted by Gasteiger charge is 2.39. The first kappa shape index (κ1) is 16.3. The van der Waals surface area contributed by atoms with Gasteiger partial charge in [-0.2, -0.15) is 0 Å². The Hall–Kier alpha value is -3.48. The van der Waals surface area contributed by atoms with E-state index in [9.17, 15) is 0 Å². The summed E-state index contributed by atoms with van der Waals surface area (Å²) in [5.41, 5.74) is 7.72. The fourth-order valence-electron chi connectivity index (χ4n) is 4.86. The number of nitrogens with zero attached hydrogens (tertiary/aromatic N) is 2. The summed E-state index contributed by atoms with van der Waals surface area (Å²) in [7, 11) is -0.731. The molecule has 5 aromatic rings. The fraction of sp³-hybridized carbons (Fsp3) is 0. The van der Waals surface area contributed by atoms with E-state index in [-0.39, 0.29) is 0 Å². The number of para-hydroxylation sites is 1. The molecule has 0 spiro atoms. The summed E-state index contributed by atoms with van der Waals surface area (Å²) in [6, 6.07) is 33.3. The molecule has 2 aliphatic rings. The number of rotatable bonds is 0. The van der Waals surface area contributed by atoms with Crippen LogP contribution in [0.15, 0.2) is 103 Å². The second kappa shape index (κ2) is 6.01. The molecule has 3 heteroatoms. The topological polar surface area (TPSA) is 16.1 Å². The molecule has 2 nitrogen and oxygen atoms in total. The van der Waals surface area contributed by atoms with Crippen LogP contribution in [0.1, 0.15) is 0 Å². The van der Waals surface area contributed by atoms with Crippen LogP contribution in [-0.4, -0.2) is 4.98 Å². The molecular weight excluding hydrogens is 383 g/mol. The average molecular weight is 400 g/mol. The summed E-state index contributed by atoms with van der Waals surface area (Å²) in [6.07, 6.45) is 3.93. The summed E-state index contributed by atoms with van der Waals surface area (Å²) >= 11 is 0. The molecule has 7 rings (SSSR count). The van der Waals surface area contributed by atoms with E-state index in [1.807, 2.05) is 12.4 Å². The van der Waals surface area contributed by atoms with Gasteiger partial charge in [0.05, 0.1) is 25.6 Å². The number of fused-ring (bicyclic) bond motifs is 12. The Bertz CT molecular complexity index is 1470. The molecule has 2 aliphatic heterocycles. The lowest BCUT2D eigenvalue weighted by Crippen LogP contribution is -2.33. The van der Waals surface area contributed by atoms with Gasteiger partial charge in [0, 0.05) is 27.9 Å². The summed E-state index contributed by atoms with van der Waals surface area (Å²) < 4.78 is 2.55. The average Bonchev–Trinajstić information content (AvgIpc) is 2.82. The quantitative estimate of drug-likeness (QED) is 0.280. The van der Waals surface area contributed by atoms with Gasteiger partial charge in [0.25, 0.3) is 0 Å². The minimum Gasteiger partial charge on any atom is -0.309 e. The monoisotopic (exact) mass is 400 g/mol. The maximum absolute atomic E-state index is 4.51. The Morgan fingerprint density at radius 1 is 0.567 bits per heavy atom. The van der Waals surface area contributed by atoms with Gasteiger partial charge < -0.3 is 4.67 Å². The molecular formula is C27H17N2P. The maximum atomic E-state index is 4.51. The molecule has 30 heavy (non-hydrogen) atoms. The molecule has 0 fully saturated rings. The lowest BCUT2D eigenvalue weighted by atomic mass is 9.98. The van der Waals surface area contributed by atoms with Crippen LogP contribution >= 0.6 is 8.07 Å². The Kier molecular flexibility index (Phi) is 3.27. The molecule has 3 heterocycles. The Morgan fingerprint density at radius 3 is 2.17 bits per heavy atom. The van der Waals surface area contributed by atoms with Crippen molar-refractivity contribution in [2.45, 2.75) is 0 Å². The van der Waals surface area contributed by atoms with Gasteiger partial charge in [0.1, 0.15) is 0 Å². The van der Waals surface area contributed by atoms with E-state index in [2.05, 4.69) is 101 Å². The first-order valence-corrected chi connectivity index (χ1v) is 11.5. The van der Waals surface area contributed by atoms with Crippen molar-refractivity contribution in [2.24, 2.45) is 0 Å². The SMILES string of the molecule is c1ccc2c(c1)-c1cc3ccccc3cc1P1c3ccccc3-c3ccncc3N21. The van der Waals surface area contributed by atoms with Crippen molar-refractivity contribution in [3.63, 3.8) is 0 Å². The molecule has 0 saturated heterocycles. The molecule has 0 radical (unpaired) electrons. The Balaban J connectivity index is 1.65. The molecule has 4 aromatic carbocycles. The van der Waals surface area contributed by atoms with Crippen LogP contribution in [0.5, 0.6) is 0 Å². The second-order valence-corrected chi connectivity index (χ2v) is 9.75. The summed E-state index contributed by atoms with van der Waals surface area (Å²) in [5, 5.41) is 5.43. The van der Waals surface area contributed by atoms with E-state index in [0.29, 0.717) is 0 Å². The van der Waals surface area contributed by atoms with Gasteiger partial charge in [-0.25, -0.2) is 0 Å².